The summed E-state index contributed by atoms with van der Waals surface area (Å²) < 4.78 is 0. The van der Waals surface area contributed by atoms with Crippen LogP contribution in [-0.4, -0.2) is 19.9 Å². The second kappa shape index (κ2) is 11.5. The minimum Gasteiger partial charge on any atom is -0.255 e. The summed E-state index contributed by atoms with van der Waals surface area (Å²) in [6, 6.07) is 48.6. The van der Waals surface area contributed by atoms with Crippen LogP contribution in [0, 0.1) is 0 Å². The van der Waals surface area contributed by atoms with Gasteiger partial charge in [-0.3, -0.25) is 4.98 Å². The standard InChI is InChI=1S/C44H36N4/c1-43(2)37-18-12-11-17-35(37)36-27-33(23-25-38(36)44(43,3)4)41-46-40(32-21-19-30(20-22-32)29-13-7-5-8-14-29)47-42(48-41)34-24-26-39(45-28-34)31-15-9-6-10-16-31/h5-28H,1-4H3. The number of aromatic nitrogens is 4. The Morgan fingerprint density at radius 3 is 1.50 bits per heavy atom. The number of hydrogen-bond acceptors (Lipinski definition) is 4. The lowest BCUT2D eigenvalue weighted by Crippen LogP contribution is -2.43. The predicted octanol–water partition coefficient (Wildman–Crippen LogP) is 10.8. The summed E-state index contributed by atoms with van der Waals surface area (Å²) in [5, 5.41) is 0. The molecule has 0 amide bonds. The maximum Gasteiger partial charge on any atom is 0.165 e. The smallest absolute Gasteiger partial charge is 0.165 e. The zero-order chi connectivity index (χ0) is 32.9. The van der Waals surface area contributed by atoms with Gasteiger partial charge in [0.05, 0.1) is 5.69 Å². The first-order chi connectivity index (χ1) is 23.3. The largest absolute Gasteiger partial charge is 0.255 e. The molecule has 0 spiro atoms. The Morgan fingerprint density at radius 1 is 0.375 bits per heavy atom. The first-order valence-electron chi connectivity index (χ1n) is 16.5. The Balaban J connectivity index is 1.26. The van der Waals surface area contributed by atoms with E-state index in [1.54, 1.807) is 0 Å². The Morgan fingerprint density at radius 2 is 0.854 bits per heavy atom. The summed E-state index contributed by atoms with van der Waals surface area (Å²) in [4.78, 5) is 20.0. The van der Waals surface area contributed by atoms with Crippen LogP contribution in [0.1, 0.15) is 38.8 Å². The normalized spacial score (nSPS) is 14.2. The van der Waals surface area contributed by atoms with Crippen molar-refractivity contribution in [1.82, 2.24) is 19.9 Å². The molecular weight excluding hydrogens is 585 g/mol. The lowest BCUT2D eigenvalue weighted by Gasteiger charge is -2.48. The predicted molar refractivity (Wildman–Crippen MR) is 196 cm³/mol. The Bertz CT molecular complexity index is 2150. The number of fused-ring (bicyclic) bond motifs is 3. The fourth-order valence-corrected chi connectivity index (χ4v) is 6.90. The average molecular weight is 621 g/mol. The number of pyridine rings is 1. The SMILES string of the molecule is CC1(C)c2ccccc2-c2cc(-c3nc(-c4ccc(-c5ccccc5)cc4)nc(-c4ccc(-c5ccccc5)nc4)n3)ccc2C1(C)C. The third kappa shape index (κ3) is 5.01. The molecule has 7 aromatic rings. The summed E-state index contributed by atoms with van der Waals surface area (Å²) in [6.07, 6.45) is 1.86. The van der Waals surface area contributed by atoms with Crippen LogP contribution in [0.3, 0.4) is 0 Å². The summed E-state index contributed by atoms with van der Waals surface area (Å²) >= 11 is 0. The van der Waals surface area contributed by atoms with Crippen molar-refractivity contribution in [3.8, 4) is 67.7 Å². The van der Waals surface area contributed by atoms with Crippen LogP contribution < -0.4 is 0 Å². The van der Waals surface area contributed by atoms with Crippen molar-refractivity contribution in [3.63, 3.8) is 0 Å². The van der Waals surface area contributed by atoms with Gasteiger partial charge in [0, 0.05) is 28.5 Å². The van der Waals surface area contributed by atoms with Crippen molar-refractivity contribution < 1.29 is 0 Å². The van der Waals surface area contributed by atoms with Gasteiger partial charge < -0.3 is 0 Å². The number of hydrogen-bond donors (Lipinski definition) is 0. The van der Waals surface area contributed by atoms with E-state index in [-0.39, 0.29) is 10.8 Å². The van der Waals surface area contributed by atoms with Crippen LogP contribution in [0.15, 0.2) is 146 Å². The summed E-state index contributed by atoms with van der Waals surface area (Å²) in [7, 11) is 0. The van der Waals surface area contributed by atoms with Crippen molar-refractivity contribution in [2.45, 2.75) is 38.5 Å². The third-order valence-electron chi connectivity index (χ3n) is 10.4. The first-order valence-corrected chi connectivity index (χ1v) is 16.5. The molecule has 2 aromatic heterocycles. The van der Waals surface area contributed by atoms with E-state index in [0.717, 1.165) is 33.5 Å². The van der Waals surface area contributed by atoms with Gasteiger partial charge in [0.1, 0.15) is 0 Å². The van der Waals surface area contributed by atoms with Gasteiger partial charge in [-0.2, -0.15) is 0 Å². The molecule has 0 saturated carbocycles. The zero-order valence-electron chi connectivity index (χ0n) is 27.6. The maximum absolute atomic E-state index is 5.09. The molecule has 0 saturated heterocycles. The van der Waals surface area contributed by atoms with Gasteiger partial charge in [0.2, 0.25) is 0 Å². The molecule has 0 aliphatic heterocycles. The lowest BCUT2D eigenvalue weighted by molar-refractivity contribution is 0.299. The van der Waals surface area contributed by atoms with Crippen molar-refractivity contribution in [1.29, 1.82) is 0 Å². The fraction of sp³-hybridized carbons (Fsp3) is 0.136. The van der Waals surface area contributed by atoms with Gasteiger partial charge in [0.25, 0.3) is 0 Å². The number of rotatable bonds is 5. The third-order valence-corrected chi connectivity index (χ3v) is 10.4. The molecule has 0 bridgehead atoms. The molecule has 1 aliphatic carbocycles. The van der Waals surface area contributed by atoms with Gasteiger partial charge in [-0.1, -0.05) is 149 Å². The van der Waals surface area contributed by atoms with E-state index in [1.807, 2.05) is 42.6 Å². The molecule has 232 valence electrons. The quantitative estimate of drug-likeness (QED) is 0.192. The minimum atomic E-state index is -0.0721. The summed E-state index contributed by atoms with van der Waals surface area (Å²) in [6.45, 7) is 9.42. The van der Waals surface area contributed by atoms with Gasteiger partial charge in [-0.25, -0.2) is 15.0 Å². The van der Waals surface area contributed by atoms with Crippen molar-refractivity contribution in [3.05, 3.63) is 157 Å². The van der Waals surface area contributed by atoms with Crippen LogP contribution >= 0.6 is 0 Å². The van der Waals surface area contributed by atoms with Crippen LogP contribution in [0.25, 0.3) is 67.7 Å². The fourth-order valence-electron chi connectivity index (χ4n) is 6.90. The van der Waals surface area contributed by atoms with E-state index in [1.165, 1.54) is 27.8 Å². The molecule has 4 heteroatoms. The molecule has 2 heterocycles. The highest BCUT2D eigenvalue weighted by molar-refractivity contribution is 5.81. The van der Waals surface area contributed by atoms with Crippen LogP contribution in [0.4, 0.5) is 0 Å². The van der Waals surface area contributed by atoms with Crippen LogP contribution in [0.2, 0.25) is 0 Å². The van der Waals surface area contributed by atoms with E-state index in [2.05, 4.69) is 131 Å². The molecule has 0 fully saturated rings. The zero-order valence-corrected chi connectivity index (χ0v) is 27.6. The average Bonchev–Trinajstić information content (AvgIpc) is 3.15. The molecule has 48 heavy (non-hydrogen) atoms. The highest BCUT2D eigenvalue weighted by Crippen LogP contribution is 2.54. The lowest BCUT2D eigenvalue weighted by atomic mass is 9.55. The second-order valence-electron chi connectivity index (χ2n) is 13.6. The first kappa shape index (κ1) is 29.6. The van der Waals surface area contributed by atoms with E-state index >= 15 is 0 Å². The van der Waals surface area contributed by atoms with E-state index in [4.69, 9.17) is 19.9 Å². The molecule has 8 rings (SSSR count). The maximum atomic E-state index is 5.09. The van der Waals surface area contributed by atoms with Crippen LogP contribution in [0.5, 0.6) is 0 Å². The van der Waals surface area contributed by atoms with Crippen molar-refractivity contribution >= 4 is 0 Å². The van der Waals surface area contributed by atoms with Crippen LogP contribution in [-0.2, 0) is 10.8 Å². The number of nitrogens with zero attached hydrogens (tertiary/aromatic N) is 4. The minimum absolute atomic E-state index is 0.0313. The molecule has 0 unspecified atom stereocenters. The highest BCUT2D eigenvalue weighted by atomic mass is 15.0. The van der Waals surface area contributed by atoms with Gasteiger partial charge in [-0.15, -0.1) is 0 Å². The van der Waals surface area contributed by atoms with Gasteiger partial charge in [0.15, 0.2) is 17.5 Å². The van der Waals surface area contributed by atoms with Gasteiger partial charge in [-0.05, 0) is 62.4 Å². The molecule has 0 radical (unpaired) electrons. The second-order valence-corrected chi connectivity index (χ2v) is 13.6. The Hall–Kier alpha value is -5.74. The molecular formula is C44H36N4. The highest BCUT2D eigenvalue weighted by Gasteiger charge is 2.45. The summed E-state index contributed by atoms with van der Waals surface area (Å²) in [5.74, 6) is 1.85. The molecule has 0 N–H and O–H groups in total. The number of benzene rings is 5. The van der Waals surface area contributed by atoms with E-state index < -0.39 is 0 Å². The topological polar surface area (TPSA) is 51.6 Å². The van der Waals surface area contributed by atoms with Crippen molar-refractivity contribution in [2.24, 2.45) is 0 Å². The van der Waals surface area contributed by atoms with E-state index in [0.29, 0.717) is 17.5 Å². The van der Waals surface area contributed by atoms with E-state index in [9.17, 15) is 0 Å². The Labute approximate surface area is 282 Å². The molecule has 4 nitrogen and oxygen atoms in total. The molecule has 0 atom stereocenters. The molecule has 1 aliphatic rings. The molecule has 5 aromatic carbocycles. The monoisotopic (exact) mass is 620 g/mol. The van der Waals surface area contributed by atoms with Gasteiger partial charge >= 0.3 is 0 Å². The van der Waals surface area contributed by atoms with Crippen molar-refractivity contribution in [2.75, 3.05) is 0 Å². The summed E-state index contributed by atoms with van der Waals surface area (Å²) in [5.41, 5.74) is 12.1. The Kier molecular flexibility index (Phi) is 7.10.